The van der Waals surface area contributed by atoms with Gasteiger partial charge < -0.3 is 0 Å². The fourth-order valence-corrected chi connectivity index (χ4v) is 3.72. The Labute approximate surface area is 189 Å². The van der Waals surface area contributed by atoms with Gasteiger partial charge in [-0.1, -0.05) is 28.4 Å². The molecular weight excluding hydrogens is 474 g/mol. The van der Waals surface area contributed by atoms with Crippen LogP contribution in [0.2, 0.25) is 10.0 Å². The van der Waals surface area contributed by atoms with Crippen LogP contribution >= 0.6 is 34.5 Å². The summed E-state index contributed by atoms with van der Waals surface area (Å²) in [5.41, 5.74) is 0.386. The highest BCUT2D eigenvalue weighted by molar-refractivity contribution is 7.14. The standard InChI is InChI=1S/C20H14Cl2F3N3O2S/c1-11(28-30-19(29)27-14-4-2-13(21)3-5-14)18-7-6-15(31-18)9-17-16(22)8-12(10-26-17)20(23,24)25/h2-8,10H,9H2,1H3,(H,27,29)/b28-11-. The first-order valence-corrected chi connectivity index (χ1v) is 10.3. The fourth-order valence-electron chi connectivity index (χ4n) is 2.41. The summed E-state index contributed by atoms with van der Waals surface area (Å²) in [5.74, 6) is 0. The van der Waals surface area contributed by atoms with Gasteiger partial charge in [-0.3, -0.25) is 15.1 Å². The minimum atomic E-state index is -4.50. The molecular formula is C20H14Cl2F3N3O2S. The van der Waals surface area contributed by atoms with Crippen molar-refractivity contribution in [2.24, 2.45) is 5.16 Å². The minimum Gasteiger partial charge on any atom is -0.297 e. The second kappa shape index (κ2) is 9.67. The summed E-state index contributed by atoms with van der Waals surface area (Å²) in [4.78, 5) is 22.1. The normalized spacial score (nSPS) is 12.0. The van der Waals surface area contributed by atoms with E-state index in [2.05, 4.69) is 15.5 Å². The molecule has 1 N–H and O–H groups in total. The SMILES string of the molecule is C/C(=N/OC(=O)Nc1ccc(Cl)cc1)c1ccc(Cc2ncc(C(F)(F)F)cc2Cl)s1. The first kappa shape index (κ1) is 23.1. The van der Waals surface area contributed by atoms with Crippen LogP contribution in [0.4, 0.5) is 23.7 Å². The van der Waals surface area contributed by atoms with E-state index in [1.807, 2.05) is 0 Å². The van der Waals surface area contributed by atoms with Gasteiger partial charge in [0, 0.05) is 28.2 Å². The van der Waals surface area contributed by atoms with Crippen molar-refractivity contribution in [3.8, 4) is 0 Å². The molecule has 1 aromatic carbocycles. The van der Waals surface area contributed by atoms with Crippen molar-refractivity contribution in [1.82, 2.24) is 4.98 Å². The number of nitrogens with zero attached hydrogens (tertiary/aromatic N) is 2. The monoisotopic (exact) mass is 487 g/mol. The van der Waals surface area contributed by atoms with E-state index in [-0.39, 0.29) is 11.4 Å². The van der Waals surface area contributed by atoms with Crippen molar-refractivity contribution in [1.29, 1.82) is 0 Å². The van der Waals surface area contributed by atoms with Crippen molar-refractivity contribution in [3.63, 3.8) is 0 Å². The molecule has 5 nitrogen and oxygen atoms in total. The summed E-state index contributed by atoms with van der Waals surface area (Å²) in [6.45, 7) is 1.66. The van der Waals surface area contributed by atoms with Crippen LogP contribution in [0.25, 0.3) is 0 Å². The van der Waals surface area contributed by atoms with Crippen LogP contribution < -0.4 is 5.32 Å². The zero-order valence-electron chi connectivity index (χ0n) is 15.8. The summed E-state index contributed by atoms with van der Waals surface area (Å²) in [6, 6.07) is 10.9. The van der Waals surface area contributed by atoms with E-state index in [0.29, 0.717) is 22.1 Å². The fraction of sp³-hybridized carbons (Fsp3) is 0.150. The number of benzene rings is 1. The van der Waals surface area contributed by atoms with Crippen LogP contribution in [0, 0.1) is 0 Å². The summed E-state index contributed by atoms with van der Waals surface area (Å²) >= 11 is 13.1. The van der Waals surface area contributed by atoms with Crippen molar-refractivity contribution in [3.05, 3.63) is 79.7 Å². The summed E-state index contributed by atoms with van der Waals surface area (Å²) in [7, 11) is 0. The van der Waals surface area contributed by atoms with Crippen molar-refractivity contribution in [2.45, 2.75) is 19.5 Å². The topological polar surface area (TPSA) is 63.6 Å². The molecule has 0 aliphatic rings. The molecule has 162 valence electrons. The lowest BCUT2D eigenvalue weighted by Crippen LogP contribution is -2.11. The zero-order valence-corrected chi connectivity index (χ0v) is 18.2. The maximum atomic E-state index is 12.7. The molecule has 2 aromatic heterocycles. The molecule has 1 amide bonds. The number of alkyl halides is 3. The Balaban J connectivity index is 1.62. The van der Waals surface area contributed by atoms with Crippen LogP contribution in [-0.2, 0) is 17.4 Å². The molecule has 0 saturated heterocycles. The number of anilines is 1. The third-order valence-corrected chi connectivity index (χ3v) is 5.73. The Morgan fingerprint density at radius 1 is 1.19 bits per heavy atom. The molecule has 0 atom stereocenters. The van der Waals surface area contributed by atoms with Gasteiger partial charge in [-0.15, -0.1) is 11.3 Å². The van der Waals surface area contributed by atoms with Crippen LogP contribution in [0.15, 0.2) is 53.8 Å². The van der Waals surface area contributed by atoms with E-state index in [0.717, 1.165) is 22.0 Å². The number of halogens is 5. The Morgan fingerprint density at radius 3 is 2.55 bits per heavy atom. The number of rotatable bonds is 5. The number of hydrogen-bond donors (Lipinski definition) is 1. The molecule has 0 radical (unpaired) electrons. The van der Waals surface area contributed by atoms with Crippen LogP contribution in [-0.4, -0.2) is 16.8 Å². The van der Waals surface area contributed by atoms with Crippen LogP contribution in [0.1, 0.15) is 27.9 Å². The third kappa shape index (κ3) is 6.43. The molecule has 0 fully saturated rings. The first-order valence-electron chi connectivity index (χ1n) is 8.70. The van der Waals surface area contributed by atoms with Gasteiger partial charge in [-0.25, -0.2) is 4.79 Å². The number of nitrogens with one attached hydrogen (secondary N) is 1. The lowest BCUT2D eigenvalue weighted by molar-refractivity contribution is -0.137. The predicted octanol–water partition coefficient (Wildman–Crippen LogP) is 7.03. The van der Waals surface area contributed by atoms with Gasteiger partial charge in [0.15, 0.2) is 0 Å². The molecule has 3 rings (SSSR count). The van der Waals surface area contributed by atoms with Gasteiger partial charge in [-0.05, 0) is 49.4 Å². The lowest BCUT2D eigenvalue weighted by atomic mass is 10.2. The summed E-state index contributed by atoms with van der Waals surface area (Å²) in [6.07, 6.45) is -4.25. The molecule has 0 aliphatic heterocycles. The minimum absolute atomic E-state index is 0.0580. The maximum absolute atomic E-state index is 12.7. The Morgan fingerprint density at radius 2 is 1.90 bits per heavy atom. The predicted molar refractivity (Wildman–Crippen MR) is 115 cm³/mol. The highest BCUT2D eigenvalue weighted by Crippen LogP contribution is 2.32. The van der Waals surface area contributed by atoms with Crippen LogP contribution in [0.5, 0.6) is 0 Å². The molecule has 0 spiro atoms. The molecule has 0 unspecified atom stereocenters. The van der Waals surface area contributed by atoms with E-state index in [1.165, 1.54) is 11.3 Å². The lowest BCUT2D eigenvalue weighted by Gasteiger charge is -2.08. The largest absolute Gasteiger partial charge is 0.437 e. The Kier molecular flexibility index (Phi) is 7.19. The van der Waals surface area contributed by atoms with Gasteiger partial charge in [0.25, 0.3) is 0 Å². The van der Waals surface area contributed by atoms with Crippen molar-refractivity contribution in [2.75, 3.05) is 5.32 Å². The summed E-state index contributed by atoms with van der Waals surface area (Å²) < 4.78 is 38.2. The summed E-state index contributed by atoms with van der Waals surface area (Å²) in [5, 5.41) is 6.79. The van der Waals surface area contributed by atoms with E-state index in [1.54, 1.807) is 43.3 Å². The molecule has 0 aliphatic carbocycles. The average Bonchev–Trinajstić information content (AvgIpc) is 3.17. The van der Waals surface area contributed by atoms with E-state index in [9.17, 15) is 18.0 Å². The Bertz CT molecular complexity index is 1120. The molecule has 31 heavy (non-hydrogen) atoms. The second-order valence-electron chi connectivity index (χ2n) is 6.28. The average molecular weight is 488 g/mol. The highest BCUT2D eigenvalue weighted by atomic mass is 35.5. The molecule has 0 saturated carbocycles. The quantitative estimate of drug-likeness (QED) is 0.238. The van der Waals surface area contributed by atoms with Crippen molar-refractivity contribution >= 4 is 52.0 Å². The van der Waals surface area contributed by atoms with Gasteiger partial charge in [-0.2, -0.15) is 13.2 Å². The van der Waals surface area contributed by atoms with E-state index < -0.39 is 17.8 Å². The van der Waals surface area contributed by atoms with Gasteiger partial charge in [0.2, 0.25) is 0 Å². The molecule has 3 aromatic rings. The zero-order chi connectivity index (χ0) is 22.6. The Hall–Kier alpha value is -2.62. The highest BCUT2D eigenvalue weighted by Gasteiger charge is 2.31. The van der Waals surface area contributed by atoms with Gasteiger partial charge in [0.05, 0.1) is 26.9 Å². The number of thiophene rings is 1. The number of pyridine rings is 1. The third-order valence-electron chi connectivity index (χ3n) is 3.96. The number of aromatic nitrogens is 1. The number of hydrogen-bond acceptors (Lipinski definition) is 5. The van der Waals surface area contributed by atoms with Gasteiger partial charge >= 0.3 is 12.3 Å². The smallest absolute Gasteiger partial charge is 0.297 e. The number of carbonyl (C=O) groups excluding carboxylic acids is 1. The number of carbonyl (C=O) groups is 1. The molecule has 2 heterocycles. The number of oxime groups is 1. The van der Waals surface area contributed by atoms with Gasteiger partial charge in [0.1, 0.15) is 0 Å². The first-order chi connectivity index (χ1) is 14.6. The number of amides is 1. The van der Waals surface area contributed by atoms with E-state index >= 15 is 0 Å². The van der Waals surface area contributed by atoms with Crippen molar-refractivity contribution < 1.29 is 22.8 Å². The molecule has 0 bridgehead atoms. The second-order valence-corrected chi connectivity index (χ2v) is 8.29. The van der Waals surface area contributed by atoms with Crippen LogP contribution in [0.3, 0.4) is 0 Å². The van der Waals surface area contributed by atoms with E-state index in [4.69, 9.17) is 28.0 Å². The maximum Gasteiger partial charge on any atom is 0.437 e. The molecule has 11 heteroatoms.